The lowest BCUT2D eigenvalue weighted by atomic mass is 9.87. The van der Waals surface area contributed by atoms with Gasteiger partial charge in [0.1, 0.15) is 11.6 Å². The Bertz CT molecular complexity index is 400. The number of nitrogens with one attached hydrogen (secondary N) is 1. The van der Waals surface area contributed by atoms with Gasteiger partial charge in [-0.05, 0) is 6.08 Å². The van der Waals surface area contributed by atoms with Crippen LogP contribution < -0.4 is 5.32 Å². The number of carbonyl (C=O) groups excluding carboxylic acids is 1. The van der Waals surface area contributed by atoms with Crippen LogP contribution in [0.25, 0.3) is 0 Å². The summed E-state index contributed by atoms with van der Waals surface area (Å²) < 4.78 is 0. The Morgan fingerprint density at radius 1 is 1.71 bits per heavy atom. The average Bonchev–Trinajstić information content (AvgIpc) is 2.17. The van der Waals surface area contributed by atoms with Crippen LogP contribution in [0.3, 0.4) is 0 Å². The lowest BCUT2D eigenvalue weighted by molar-refractivity contribution is -0.118. The van der Waals surface area contributed by atoms with Crippen molar-refractivity contribution in [2.75, 3.05) is 0 Å². The number of nitriles is 1. The number of aliphatic imine (C=N–C) groups is 1. The molecule has 0 saturated heterocycles. The Balaban J connectivity index is 2.38. The highest BCUT2D eigenvalue weighted by atomic mass is 16.1. The minimum Gasteiger partial charge on any atom is -0.347 e. The van der Waals surface area contributed by atoms with Crippen molar-refractivity contribution in [3.05, 3.63) is 23.9 Å². The first-order valence-electron chi connectivity index (χ1n) is 4.36. The third-order valence-corrected chi connectivity index (χ3v) is 2.46. The minimum atomic E-state index is -0.295. The molecule has 0 spiro atoms. The fourth-order valence-electron chi connectivity index (χ4n) is 1.70. The van der Waals surface area contributed by atoms with E-state index in [-0.39, 0.29) is 23.4 Å². The quantitative estimate of drug-likeness (QED) is 0.601. The molecule has 0 fully saturated rings. The molecule has 2 rings (SSSR count). The van der Waals surface area contributed by atoms with E-state index in [0.29, 0.717) is 12.1 Å². The molecule has 2 aliphatic heterocycles. The number of nitrogens with zero attached hydrogens (tertiary/aromatic N) is 2. The monoisotopic (exact) mass is 187 g/mol. The molecule has 1 N–H and O–H groups in total. The van der Waals surface area contributed by atoms with Gasteiger partial charge in [0.25, 0.3) is 5.91 Å². The summed E-state index contributed by atoms with van der Waals surface area (Å²) in [6.07, 6.45) is 4.10. The van der Waals surface area contributed by atoms with Crippen LogP contribution in [0.4, 0.5) is 0 Å². The van der Waals surface area contributed by atoms with E-state index in [0.717, 1.165) is 0 Å². The third-order valence-electron chi connectivity index (χ3n) is 2.46. The molecule has 4 heteroatoms. The first-order valence-corrected chi connectivity index (χ1v) is 4.36. The summed E-state index contributed by atoms with van der Waals surface area (Å²) in [6, 6.07) is 1.88. The molecule has 0 aliphatic carbocycles. The molecule has 1 amide bonds. The van der Waals surface area contributed by atoms with E-state index in [1.54, 1.807) is 12.3 Å². The molecule has 0 saturated carbocycles. The predicted octanol–water partition coefficient (Wildman–Crippen LogP) is 0.539. The topological polar surface area (TPSA) is 65.2 Å². The molecule has 0 radical (unpaired) electrons. The van der Waals surface area contributed by atoms with Gasteiger partial charge in [0, 0.05) is 30.3 Å². The molecule has 0 aromatic carbocycles. The SMILES string of the molecule is C=C1N=CC[C@@H]2NC(=O)C(C#N)=C[C@H]12. The van der Waals surface area contributed by atoms with E-state index in [1.165, 1.54) is 0 Å². The van der Waals surface area contributed by atoms with Crippen LogP contribution in [0.15, 0.2) is 28.9 Å². The summed E-state index contributed by atoms with van der Waals surface area (Å²) in [4.78, 5) is 15.4. The van der Waals surface area contributed by atoms with Gasteiger partial charge in [0.2, 0.25) is 0 Å². The maximum Gasteiger partial charge on any atom is 0.261 e. The van der Waals surface area contributed by atoms with E-state index in [9.17, 15) is 4.79 Å². The lowest BCUT2D eigenvalue weighted by Crippen LogP contribution is -2.45. The minimum absolute atomic E-state index is 0.0181. The highest BCUT2D eigenvalue weighted by molar-refractivity contribution is 5.98. The van der Waals surface area contributed by atoms with Gasteiger partial charge in [-0.2, -0.15) is 5.26 Å². The normalized spacial score (nSPS) is 30.1. The Kier molecular flexibility index (Phi) is 1.93. The molecule has 2 aliphatic rings. The van der Waals surface area contributed by atoms with Crippen molar-refractivity contribution in [3.63, 3.8) is 0 Å². The van der Waals surface area contributed by atoms with Crippen LogP contribution in [0.5, 0.6) is 0 Å². The molecule has 0 aromatic rings. The summed E-state index contributed by atoms with van der Waals surface area (Å²) >= 11 is 0. The van der Waals surface area contributed by atoms with Gasteiger partial charge in [0.05, 0.1) is 0 Å². The van der Waals surface area contributed by atoms with Crippen molar-refractivity contribution in [1.82, 2.24) is 5.32 Å². The molecule has 4 nitrogen and oxygen atoms in total. The number of amides is 1. The second-order valence-electron chi connectivity index (χ2n) is 3.34. The molecular weight excluding hydrogens is 178 g/mol. The Morgan fingerprint density at radius 2 is 2.50 bits per heavy atom. The Labute approximate surface area is 81.6 Å². The molecular formula is C10H9N3O. The number of rotatable bonds is 0. The Hall–Kier alpha value is -1.89. The second-order valence-corrected chi connectivity index (χ2v) is 3.34. The van der Waals surface area contributed by atoms with Gasteiger partial charge in [-0.15, -0.1) is 0 Å². The van der Waals surface area contributed by atoms with Crippen LogP contribution in [-0.2, 0) is 4.79 Å². The zero-order valence-electron chi connectivity index (χ0n) is 7.53. The first-order chi connectivity index (χ1) is 6.72. The Morgan fingerprint density at radius 3 is 3.21 bits per heavy atom. The number of carbonyl (C=O) groups is 1. The zero-order chi connectivity index (χ0) is 10.1. The summed E-state index contributed by atoms with van der Waals surface area (Å²) in [5.41, 5.74) is 0.860. The van der Waals surface area contributed by atoms with Crippen molar-refractivity contribution in [2.45, 2.75) is 12.5 Å². The molecule has 70 valence electrons. The van der Waals surface area contributed by atoms with Gasteiger partial charge < -0.3 is 5.32 Å². The average molecular weight is 187 g/mol. The lowest BCUT2D eigenvalue weighted by Gasteiger charge is -2.31. The van der Waals surface area contributed by atoms with Crippen molar-refractivity contribution in [3.8, 4) is 6.07 Å². The van der Waals surface area contributed by atoms with Crippen LogP contribution >= 0.6 is 0 Å². The van der Waals surface area contributed by atoms with E-state index < -0.39 is 0 Å². The van der Waals surface area contributed by atoms with Crippen molar-refractivity contribution >= 4 is 12.1 Å². The summed E-state index contributed by atoms with van der Waals surface area (Å²) in [5.74, 6) is -0.316. The van der Waals surface area contributed by atoms with Crippen LogP contribution in [-0.4, -0.2) is 18.2 Å². The van der Waals surface area contributed by atoms with Crippen LogP contribution in [0.1, 0.15) is 6.42 Å². The van der Waals surface area contributed by atoms with Crippen LogP contribution in [0.2, 0.25) is 0 Å². The highest BCUT2D eigenvalue weighted by Gasteiger charge is 2.32. The maximum atomic E-state index is 11.3. The molecule has 0 aromatic heterocycles. The smallest absolute Gasteiger partial charge is 0.261 e. The largest absolute Gasteiger partial charge is 0.347 e. The predicted molar refractivity (Wildman–Crippen MR) is 51.4 cm³/mol. The van der Waals surface area contributed by atoms with Gasteiger partial charge in [-0.1, -0.05) is 6.58 Å². The molecule has 2 heterocycles. The summed E-state index contributed by atoms with van der Waals surface area (Å²) in [5, 5.41) is 11.5. The van der Waals surface area contributed by atoms with Gasteiger partial charge in [-0.25, -0.2) is 0 Å². The molecule has 0 unspecified atom stereocenters. The standard InChI is InChI=1S/C10H9N3O/c1-6-8-4-7(5-11)10(14)13-9(8)2-3-12-6/h3-4,8-9H,1-2H2,(H,13,14)/t8-,9+/m1/s1. The number of hydrogen-bond donors (Lipinski definition) is 1. The fourth-order valence-corrected chi connectivity index (χ4v) is 1.70. The van der Waals surface area contributed by atoms with Gasteiger partial charge in [-0.3, -0.25) is 9.79 Å². The van der Waals surface area contributed by atoms with Crippen molar-refractivity contribution < 1.29 is 4.79 Å². The third kappa shape index (κ3) is 1.23. The highest BCUT2D eigenvalue weighted by Crippen LogP contribution is 2.26. The molecule has 14 heavy (non-hydrogen) atoms. The van der Waals surface area contributed by atoms with Crippen LogP contribution in [0, 0.1) is 17.2 Å². The number of hydrogen-bond acceptors (Lipinski definition) is 3. The van der Waals surface area contributed by atoms with E-state index >= 15 is 0 Å². The van der Waals surface area contributed by atoms with Gasteiger partial charge in [0.15, 0.2) is 0 Å². The van der Waals surface area contributed by atoms with Crippen molar-refractivity contribution in [1.29, 1.82) is 5.26 Å². The maximum absolute atomic E-state index is 11.3. The zero-order valence-corrected chi connectivity index (χ0v) is 7.53. The summed E-state index contributed by atoms with van der Waals surface area (Å²) in [7, 11) is 0. The van der Waals surface area contributed by atoms with E-state index in [2.05, 4.69) is 16.9 Å². The van der Waals surface area contributed by atoms with Crippen molar-refractivity contribution in [2.24, 2.45) is 10.9 Å². The molecule has 2 atom stereocenters. The fraction of sp³-hybridized carbons (Fsp3) is 0.300. The van der Waals surface area contributed by atoms with E-state index in [1.807, 2.05) is 6.07 Å². The van der Waals surface area contributed by atoms with E-state index in [4.69, 9.17) is 5.26 Å². The second kappa shape index (κ2) is 3.11. The summed E-state index contributed by atoms with van der Waals surface area (Å²) in [6.45, 7) is 3.79. The van der Waals surface area contributed by atoms with Gasteiger partial charge >= 0.3 is 0 Å². The molecule has 0 bridgehead atoms. The number of fused-ring (bicyclic) bond motifs is 1. The first kappa shape index (κ1) is 8.70.